The summed E-state index contributed by atoms with van der Waals surface area (Å²) in [5.74, 6) is 0. The lowest BCUT2D eigenvalue weighted by molar-refractivity contribution is 0.170. The fraction of sp³-hybridized carbons (Fsp3) is 0.500. The molecular formula is C18H25ClN2OS. The number of aliphatic hydroxyl groups excluding tert-OH is 1. The number of halogens is 1. The second-order valence-corrected chi connectivity index (χ2v) is 7.54. The summed E-state index contributed by atoms with van der Waals surface area (Å²) in [6.07, 6.45) is 5.91. The minimum absolute atomic E-state index is 0.272. The van der Waals surface area contributed by atoms with Gasteiger partial charge < -0.3 is 10.4 Å². The SMILES string of the molecule is CCCCc1cnc(CC(C)NCC(O)c2cccc(Cl)c2)s1. The average Bonchev–Trinajstić information content (AvgIpc) is 2.98. The van der Waals surface area contributed by atoms with Crippen molar-refractivity contribution in [2.75, 3.05) is 6.54 Å². The van der Waals surface area contributed by atoms with E-state index in [1.54, 1.807) is 17.4 Å². The lowest BCUT2D eigenvalue weighted by atomic mass is 10.1. The van der Waals surface area contributed by atoms with E-state index in [2.05, 4.69) is 24.1 Å². The summed E-state index contributed by atoms with van der Waals surface area (Å²) in [5.41, 5.74) is 0.841. The second kappa shape index (κ2) is 9.38. The Bertz CT molecular complexity index is 602. The number of rotatable bonds is 9. The third kappa shape index (κ3) is 6.22. The Morgan fingerprint density at radius 2 is 2.22 bits per heavy atom. The Labute approximate surface area is 147 Å². The minimum Gasteiger partial charge on any atom is -0.387 e. The molecule has 0 aliphatic carbocycles. The van der Waals surface area contributed by atoms with Gasteiger partial charge in [-0.25, -0.2) is 4.98 Å². The normalized spacial score (nSPS) is 13.9. The van der Waals surface area contributed by atoms with Crippen LogP contribution in [0, 0.1) is 0 Å². The number of aliphatic hydroxyl groups is 1. The van der Waals surface area contributed by atoms with E-state index in [0.29, 0.717) is 11.6 Å². The summed E-state index contributed by atoms with van der Waals surface area (Å²) in [6.45, 7) is 4.84. The third-order valence-electron chi connectivity index (χ3n) is 3.75. The Morgan fingerprint density at radius 1 is 1.39 bits per heavy atom. The number of nitrogens with one attached hydrogen (secondary N) is 1. The van der Waals surface area contributed by atoms with Crippen molar-refractivity contribution in [3.63, 3.8) is 0 Å². The van der Waals surface area contributed by atoms with Gasteiger partial charge in [0.1, 0.15) is 0 Å². The van der Waals surface area contributed by atoms with E-state index in [1.807, 2.05) is 24.4 Å². The first-order chi connectivity index (χ1) is 11.1. The molecule has 0 spiro atoms. The second-order valence-electron chi connectivity index (χ2n) is 5.91. The molecule has 1 heterocycles. The maximum atomic E-state index is 10.2. The van der Waals surface area contributed by atoms with Crippen molar-refractivity contribution < 1.29 is 5.11 Å². The number of benzene rings is 1. The average molecular weight is 353 g/mol. The summed E-state index contributed by atoms with van der Waals surface area (Å²) in [4.78, 5) is 5.87. The first-order valence-electron chi connectivity index (χ1n) is 8.19. The highest BCUT2D eigenvalue weighted by Gasteiger charge is 2.12. The van der Waals surface area contributed by atoms with Gasteiger partial charge in [-0.05, 0) is 37.5 Å². The summed E-state index contributed by atoms with van der Waals surface area (Å²) in [7, 11) is 0. The van der Waals surface area contributed by atoms with E-state index < -0.39 is 6.10 Å². The van der Waals surface area contributed by atoms with Crippen LogP contribution in [-0.4, -0.2) is 22.7 Å². The van der Waals surface area contributed by atoms with Gasteiger partial charge in [0.05, 0.1) is 11.1 Å². The van der Waals surface area contributed by atoms with Crippen LogP contribution >= 0.6 is 22.9 Å². The number of hydrogen-bond acceptors (Lipinski definition) is 4. The maximum Gasteiger partial charge on any atom is 0.0943 e. The van der Waals surface area contributed by atoms with Crippen molar-refractivity contribution in [3.05, 3.63) is 50.9 Å². The predicted octanol–water partition coefficient (Wildman–Crippen LogP) is 4.39. The quantitative estimate of drug-likeness (QED) is 0.703. The highest BCUT2D eigenvalue weighted by molar-refractivity contribution is 7.11. The highest BCUT2D eigenvalue weighted by Crippen LogP contribution is 2.19. The minimum atomic E-state index is -0.549. The lowest BCUT2D eigenvalue weighted by Crippen LogP contribution is -2.32. The Hall–Kier alpha value is -0.940. The molecule has 0 amide bonds. The number of nitrogens with zero attached hydrogens (tertiary/aromatic N) is 1. The van der Waals surface area contributed by atoms with Gasteiger partial charge in [-0.1, -0.05) is 37.1 Å². The number of hydrogen-bond donors (Lipinski definition) is 2. The van der Waals surface area contributed by atoms with E-state index in [4.69, 9.17) is 11.6 Å². The topological polar surface area (TPSA) is 45.2 Å². The Kier molecular flexibility index (Phi) is 7.50. The first kappa shape index (κ1) is 18.4. The van der Waals surface area contributed by atoms with Crippen LogP contribution in [-0.2, 0) is 12.8 Å². The fourth-order valence-corrected chi connectivity index (χ4v) is 3.68. The van der Waals surface area contributed by atoms with Crippen LogP contribution < -0.4 is 5.32 Å². The van der Waals surface area contributed by atoms with Crippen LogP contribution in [0.3, 0.4) is 0 Å². The van der Waals surface area contributed by atoms with Crippen molar-refractivity contribution in [3.8, 4) is 0 Å². The van der Waals surface area contributed by atoms with E-state index in [0.717, 1.165) is 23.4 Å². The standard InChI is InChI=1S/C18H25ClN2OS/c1-3-4-8-16-11-21-18(23-16)9-13(2)20-12-17(22)14-6-5-7-15(19)10-14/h5-7,10-11,13,17,20,22H,3-4,8-9,12H2,1-2H3. The molecule has 2 atom stereocenters. The largest absolute Gasteiger partial charge is 0.387 e. The van der Waals surface area contributed by atoms with Gasteiger partial charge in [-0.2, -0.15) is 0 Å². The number of aryl methyl sites for hydroxylation is 1. The molecular weight excluding hydrogens is 328 g/mol. The summed E-state index contributed by atoms with van der Waals surface area (Å²) in [6, 6.07) is 7.64. The molecule has 0 saturated carbocycles. The van der Waals surface area contributed by atoms with Crippen molar-refractivity contribution in [1.82, 2.24) is 10.3 Å². The smallest absolute Gasteiger partial charge is 0.0943 e. The van der Waals surface area contributed by atoms with Crippen molar-refractivity contribution in [1.29, 1.82) is 0 Å². The van der Waals surface area contributed by atoms with Gasteiger partial charge in [-0.15, -0.1) is 11.3 Å². The molecule has 0 fully saturated rings. The molecule has 2 N–H and O–H groups in total. The summed E-state index contributed by atoms with van der Waals surface area (Å²) in [5, 5.41) is 15.4. The Balaban J connectivity index is 1.78. The molecule has 0 bridgehead atoms. The van der Waals surface area contributed by atoms with Gasteiger partial charge in [0.2, 0.25) is 0 Å². The predicted molar refractivity (Wildman–Crippen MR) is 98.3 cm³/mol. The van der Waals surface area contributed by atoms with E-state index in [1.165, 1.54) is 17.7 Å². The van der Waals surface area contributed by atoms with Crippen molar-refractivity contribution >= 4 is 22.9 Å². The molecule has 2 unspecified atom stereocenters. The van der Waals surface area contributed by atoms with E-state index in [-0.39, 0.29) is 6.04 Å². The molecule has 2 aromatic rings. The molecule has 1 aromatic heterocycles. The van der Waals surface area contributed by atoms with Crippen molar-refractivity contribution in [2.45, 2.75) is 51.7 Å². The van der Waals surface area contributed by atoms with Crippen LogP contribution in [0.25, 0.3) is 0 Å². The van der Waals surface area contributed by atoms with Gasteiger partial charge >= 0.3 is 0 Å². The molecule has 0 saturated heterocycles. The van der Waals surface area contributed by atoms with Gasteiger partial charge in [-0.3, -0.25) is 0 Å². The molecule has 1 aromatic carbocycles. The highest BCUT2D eigenvalue weighted by atomic mass is 35.5. The zero-order chi connectivity index (χ0) is 16.7. The molecule has 0 aliphatic rings. The zero-order valence-electron chi connectivity index (χ0n) is 13.8. The Morgan fingerprint density at radius 3 is 2.96 bits per heavy atom. The summed E-state index contributed by atoms with van der Waals surface area (Å²) >= 11 is 7.76. The van der Waals surface area contributed by atoms with E-state index >= 15 is 0 Å². The number of aromatic nitrogens is 1. The molecule has 0 aliphatic heterocycles. The molecule has 2 rings (SSSR count). The zero-order valence-corrected chi connectivity index (χ0v) is 15.3. The molecule has 5 heteroatoms. The van der Waals surface area contributed by atoms with Gasteiger partial charge in [0.15, 0.2) is 0 Å². The maximum absolute atomic E-state index is 10.2. The first-order valence-corrected chi connectivity index (χ1v) is 9.38. The summed E-state index contributed by atoms with van der Waals surface area (Å²) < 4.78 is 0. The van der Waals surface area contributed by atoms with Gasteiger partial charge in [0.25, 0.3) is 0 Å². The van der Waals surface area contributed by atoms with Crippen LogP contribution in [0.2, 0.25) is 5.02 Å². The number of unbranched alkanes of at least 4 members (excludes halogenated alkanes) is 1. The van der Waals surface area contributed by atoms with Crippen LogP contribution in [0.15, 0.2) is 30.5 Å². The molecule has 23 heavy (non-hydrogen) atoms. The van der Waals surface area contributed by atoms with Gasteiger partial charge in [0, 0.05) is 35.1 Å². The van der Waals surface area contributed by atoms with Crippen LogP contribution in [0.1, 0.15) is 48.2 Å². The van der Waals surface area contributed by atoms with Crippen molar-refractivity contribution in [2.24, 2.45) is 0 Å². The van der Waals surface area contributed by atoms with Crippen LogP contribution in [0.5, 0.6) is 0 Å². The lowest BCUT2D eigenvalue weighted by Gasteiger charge is -2.16. The molecule has 0 radical (unpaired) electrons. The van der Waals surface area contributed by atoms with Crippen LogP contribution in [0.4, 0.5) is 0 Å². The monoisotopic (exact) mass is 352 g/mol. The third-order valence-corrected chi connectivity index (χ3v) is 5.07. The fourth-order valence-electron chi connectivity index (χ4n) is 2.39. The van der Waals surface area contributed by atoms with E-state index in [9.17, 15) is 5.11 Å². The number of thiazole rings is 1. The molecule has 3 nitrogen and oxygen atoms in total. The molecule has 126 valence electrons.